The van der Waals surface area contributed by atoms with Gasteiger partial charge in [0.1, 0.15) is 11.2 Å². The molecule has 10 aromatic carbocycles. The van der Waals surface area contributed by atoms with Gasteiger partial charge in [0.25, 0.3) is 0 Å². The van der Waals surface area contributed by atoms with E-state index in [0.717, 1.165) is 100 Å². The Morgan fingerprint density at radius 3 is 1.04 bits per heavy atom. The summed E-state index contributed by atoms with van der Waals surface area (Å²) in [6, 6.07) is 55.2. The summed E-state index contributed by atoms with van der Waals surface area (Å²) in [5.41, 5.74) is 20.0. The van der Waals surface area contributed by atoms with Crippen LogP contribution in [0.2, 0.25) is 0 Å². The lowest BCUT2D eigenvalue weighted by molar-refractivity contribution is 0.590. The molecule has 2 heterocycles. The fraction of sp³-hybridized carbons (Fsp3) is 0.257. The van der Waals surface area contributed by atoms with Gasteiger partial charge in [-0.05, 0) is 153 Å². The molecule has 0 atom stereocenters. The first-order valence-corrected chi connectivity index (χ1v) is 26.7. The van der Waals surface area contributed by atoms with E-state index in [0.29, 0.717) is 0 Å². The molecule has 0 N–H and O–H groups in total. The van der Waals surface area contributed by atoms with E-state index in [9.17, 15) is 0 Å². The fourth-order valence-electron chi connectivity index (χ4n) is 12.1. The number of rotatable bonds is 8. The summed E-state index contributed by atoms with van der Waals surface area (Å²) in [7, 11) is 0. The Balaban J connectivity index is 1.22. The maximum Gasteiger partial charge on any atom is 0.159 e. The van der Waals surface area contributed by atoms with Crippen molar-refractivity contribution in [1.29, 1.82) is 0 Å². The Hall–Kier alpha value is -7.56. The number of fused-ring (bicyclic) bond motifs is 6. The van der Waals surface area contributed by atoms with Gasteiger partial charge in [0.2, 0.25) is 0 Å². The first-order valence-electron chi connectivity index (χ1n) is 26.7. The van der Waals surface area contributed by atoms with Crippen LogP contribution in [0.3, 0.4) is 0 Å². The maximum absolute atomic E-state index is 7.11. The van der Waals surface area contributed by atoms with Crippen molar-refractivity contribution in [3.05, 3.63) is 190 Å². The zero-order valence-corrected chi connectivity index (χ0v) is 45.7. The lowest BCUT2D eigenvalue weighted by atomic mass is 9.83. The topological polar surface area (TPSA) is 32.8 Å². The van der Waals surface area contributed by atoms with Crippen molar-refractivity contribution in [2.45, 2.75) is 120 Å². The number of anilines is 6. The lowest BCUT2D eigenvalue weighted by Crippen LogP contribution is -2.16. The van der Waals surface area contributed by atoms with Gasteiger partial charge in [-0.1, -0.05) is 178 Å². The lowest BCUT2D eigenvalue weighted by Gasteiger charge is -2.33. The Kier molecular flexibility index (Phi) is 10.9. The van der Waals surface area contributed by atoms with E-state index >= 15 is 0 Å². The van der Waals surface area contributed by atoms with Crippen LogP contribution >= 0.6 is 0 Å². The van der Waals surface area contributed by atoms with Crippen LogP contribution < -0.4 is 9.80 Å². The second-order valence-electron chi connectivity index (χ2n) is 23.9. The van der Waals surface area contributed by atoms with Crippen LogP contribution in [0.5, 0.6) is 0 Å². The highest BCUT2D eigenvalue weighted by molar-refractivity contribution is 6.30. The van der Waals surface area contributed by atoms with Gasteiger partial charge in [-0.3, -0.25) is 0 Å². The van der Waals surface area contributed by atoms with Gasteiger partial charge in [0.05, 0.1) is 22.7 Å². The highest BCUT2D eigenvalue weighted by Crippen LogP contribution is 2.54. The second kappa shape index (κ2) is 17.0. The molecule has 0 saturated heterocycles. The zero-order chi connectivity index (χ0) is 51.9. The van der Waals surface area contributed by atoms with E-state index in [1.165, 1.54) is 54.6 Å². The first kappa shape index (κ1) is 47.4. The summed E-state index contributed by atoms with van der Waals surface area (Å²) in [6.07, 6.45) is 0. The number of benzene rings is 10. The SMILES string of the molecule is Cc1ccc2c(oc3c(C)cccc32)c1N(c1ccc(C(C)(C)C)cc1)c1cc(C(C)C)c2ccc3c(N(c4ccc(C(C)(C)C)cc4)c4c(C)ccc5c4oc4c(C)cccc45)cc(C(C)C)c4ccc1c2c43. The molecule has 4 heteroatoms. The van der Waals surface area contributed by atoms with Crippen LogP contribution in [-0.2, 0) is 10.8 Å². The summed E-state index contributed by atoms with van der Waals surface area (Å²) in [5, 5.41) is 12.0. The van der Waals surface area contributed by atoms with Crippen LogP contribution in [0.4, 0.5) is 34.1 Å². The predicted molar refractivity (Wildman–Crippen MR) is 319 cm³/mol. The smallest absolute Gasteiger partial charge is 0.159 e. The van der Waals surface area contributed by atoms with Crippen molar-refractivity contribution in [2.75, 3.05) is 9.80 Å². The Morgan fingerprint density at radius 1 is 0.351 bits per heavy atom. The summed E-state index contributed by atoms with van der Waals surface area (Å²) >= 11 is 0. The first-order chi connectivity index (χ1) is 35.3. The van der Waals surface area contributed by atoms with E-state index in [1.807, 2.05) is 0 Å². The standard InChI is InChI=1S/C70H68N2O2/c1-39(2)57-37-59(71(47-27-23-45(24-28-47)69(9,10)11)63-41(5)21-31-53-51-19-15-17-43(7)65(51)73-67(53)63)55-36-34-50-58(40(3)4)38-60(56-35-33-49(57)61(55)62(50)56)72(48-29-25-46(26-30-48)70(12,13)14)64-42(6)22-32-54-52-20-16-18-44(8)66(52)74-68(54)64/h15-40H,1-14H3. The van der Waals surface area contributed by atoms with Gasteiger partial charge in [-0.15, -0.1) is 0 Å². The molecule has 0 aliphatic carbocycles. The van der Waals surface area contributed by atoms with Gasteiger partial charge in [-0.2, -0.15) is 0 Å². The number of para-hydroxylation sites is 2. The summed E-state index contributed by atoms with van der Waals surface area (Å²) in [6.45, 7) is 31.9. The van der Waals surface area contributed by atoms with Crippen molar-refractivity contribution in [2.24, 2.45) is 0 Å². The predicted octanol–water partition coefficient (Wildman–Crippen LogP) is 21.4. The number of hydrogen-bond acceptors (Lipinski definition) is 4. The van der Waals surface area contributed by atoms with E-state index in [1.54, 1.807) is 0 Å². The van der Waals surface area contributed by atoms with Crippen LogP contribution in [0.15, 0.2) is 154 Å². The van der Waals surface area contributed by atoms with Crippen molar-refractivity contribution in [3.8, 4) is 0 Å². The van der Waals surface area contributed by atoms with E-state index in [-0.39, 0.29) is 22.7 Å². The van der Waals surface area contributed by atoms with Gasteiger partial charge < -0.3 is 18.6 Å². The summed E-state index contributed by atoms with van der Waals surface area (Å²) in [4.78, 5) is 5.03. The number of furan rings is 2. The van der Waals surface area contributed by atoms with Crippen molar-refractivity contribution in [3.63, 3.8) is 0 Å². The largest absolute Gasteiger partial charge is 0.454 e. The third-order valence-electron chi connectivity index (χ3n) is 16.2. The third-order valence-corrected chi connectivity index (χ3v) is 16.2. The molecule has 74 heavy (non-hydrogen) atoms. The molecule has 12 aromatic rings. The van der Waals surface area contributed by atoms with E-state index in [2.05, 4.69) is 252 Å². The monoisotopic (exact) mass is 969 g/mol. The van der Waals surface area contributed by atoms with Crippen molar-refractivity contribution >= 4 is 110 Å². The van der Waals surface area contributed by atoms with Crippen molar-refractivity contribution < 1.29 is 8.83 Å². The molecule has 0 fully saturated rings. The van der Waals surface area contributed by atoms with Crippen molar-refractivity contribution in [1.82, 2.24) is 0 Å². The molecule has 2 aromatic heterocycles. The third kappa shape index (κ3) is 7.30. The normalized spacial score (nSPS) is 12.7. The van der Waals surface area contributed by atoms with Gasteiger partial charge in [0, 0.05) is 43.7 Å². The molecular formula is C70H68N2O2. The molecule has 0 aliphatic heterocycles. The van der Waals surface area contributed by atoms with Crippen LogP contribution in [0.25, 0.3) is 76.2 Å². The molecule has 4 nitrogen and oxygen atoms in total. The minimum Gasteiger partial charge on any atom is -0.454 e. The molecule has 0 unspecified atom stereocenters. The minimum absolute atomic E-state index is 0.00484. The Bertz CT molecular complexity index is 3910. The molecule has 12 rings (SSSR count). The molecular weight excluding hydrogens is 901 g/mol. The molecule has 0 radical (unpaired) electrons. The summed E-state index contributed by atoms with van der Waals surface area (Å²) in [5.74, 6) is 0.459. The molecule has 0 bridgehead atoms. The van der Waals surface area contributed by atoms with Crippen LogP contribution in [-0.4, -0.2) is 0 Å². The molecule has 0 aliphatic rings. The molecule has 0 spiro atoms. The van der Waals surface area contributed by atoms with Gasteiger partial charge in [-0.25, -0.2) is 0 Å². The Labute approximate surface area is 436 Å². The fourth-order valence-corrected chi connectivity index (χ4v) is 12.1. The molecule has 0 amide bonds. The van der Waals surface area contributed by atoms with Gasteiger partial charge in [0.15, 0.2) is 11.2 Å². The molecule has 370 valence electrons. The van der Waals surface area contributed by atoms with E-state index < -0.39 is 0 Å². The average molecular weight is 969 g/mol. The van der Waals surface area contributed by atoms with Crippen LogP contribution in [0.1, 0.15) is 126 Å². The van der Waals surface area contributed by atoms with E-state index in [4.69, 9.17) is 8.83 Å². The number of aryl methyl sites for hydroxylation is 4. The van der Waals surface area contributed by atoms with Gasteiger partial charge >= 0.3 is 0 Å². The highest BCUT2D eigenvalue weighted by atomic mass is 16.3. The molecule has 0 saturated carbocycles. The zero-order valence-electron chi connectivity index (χ0n) is 45.7. The maximum atomic E-state index is 7.11. The van der Waals surface area contributed by atoms with Crippen LogP contribution in [0, 0.1) is 27.7 Å². The number of hydrogen-bond donors (Lipinski definition) is 0. The Morgan fingerprint density at radius 2 is 0.689 bits per heavy atom. The average Bonchev–Trinajstić information content (AvgIpc) is 3.95. The highest BCUT2D eigenvalue weighted by Gasteiger charge is 2.31. The summed E-state index contributed by atoms with van der Waals surface area (Å²) < 4.78 is 14.2. The second-order valence-corrected chi connectivity index (χ2v) is 23.9. The number of nitrogens with zero attached hydrogens (tertiary/aromatic N) is 2. The quantitative estimate of drug-likeness (QED) is 0.142. The minimum atomic E-state index is -0.00484.